The molecule has 0 bridgehead atoms. The number of aromatic nitrogens is 2. The zero-order chi connectivity index (χ0) is 14.0. The highest BCUT2D eigenvalue weighted by molar-refractivity contribution is 7.11. The minimum absolute atomic E-state index is 0.0201. The summed E-state index contributed by atoms with van der Waals surface area (Å²) in [7, 11) is 0. The van der Waals surface area contributed by atoms with E-state index in [1.807, 2.05) is 20.8 Å². The second-order valence-electron chi connectivity index (χ2n) is 4.20. The summed E-state index contributed by atoms with van der Waals surface area (Å²) in [6.07, 6.45) is 2.78. The van der Waals surface area contributed by atoms with Crippen LogP contribution in [-0.2, 0) is 0 Å². The molecular weight excluding hydrogens is 264 g/mol. The molecule has 1 atom stereocenters. The predicted octanol–water partition coefficient (Wildman–Crippen LogP) is 3.24. The molecule has 0 aliphatic heterocycles. The van der Waals surface area contributed by atoms with Gasteiger partial charge in [-0.05, 0) is 26.8 Å². The van der Waals surface area contributed by atoms with Gasteiger partial charge >= 0.3 is 5.69 Å². The van der Waals surface area contributed by atoms with Crippen LogP contribution in [0.25, 0.3) is 0 Å². The second kappa shape index (κ2) is 5.31. The summed E-state index contributed by atoms with van der Waals surface area (Å²) in [5.74, 6) is 0. The highest BCUT2D eigenvalue weighted by atomic mass is 32.1. The van der Waals surface area contributed by atoms with E-state index in [0.717, 1.165) is 15.6 Å². The Kier molecular flexibility index (Phi) is 3.75. The fourth-order valence-corrected chi connectivity index (χ4v) is 2.83. The molecule has 19 heavy (non-hydrogen) atoms. The lowest BCUT2D eigenvalue weighted by Gasteiger charge is -2.14. The Morgan fingerprint density at radius 2 is 2.21 bits per heavy atom. The van der Waals surface area contributed by atoms with Crippen molar-refractivity contribution < 1.29 is 4.92 Å². The Balaban J connectivity index is 2.26. The number of rotatable bonds is 4. The molecule has 1 N–H and O–H groups in total. The number of pyridine rings is 1. The van der Waals surface area contributed by atoms with Crippen molar-refractivity contribution in [1.29, 1.82) is 0 Å². The Morgan fingerprint density at radius 3 is 2.79 bits per heavy atom. The van der Waals surface area contributed by atoms with Crippen molar-refractivity contribution in [3.05, 3.63) is 44.2 Å². The number of nitrogens with zero attached hydrogens (tertiary/aromatic N) is 3. The quantitative estimate of drug-likeness (QED) is 0.686. The molecule has 0 radical (unpaired) electrons. The van der Waals surface area contributed by atoms with Gasteiger partial charge in [-0.1, -0.05) is 0 Å². The summed E-state index contributed by atoms with van der Waals surface area (Å²) in [4.78, 5) is 19.7. The standard InChI is InChI=1S/C12H14N4O2S/c1-7-12(19-9(3)14-7)8(2)15-10-4-5-13-6-11(10)16(17)18/h4-6,8H,1-3H3,(H,13,15). The summed E-state index contributed by atoms with van der Waals surface area (Å²) < 4.78 is 0. The molecular formula is C12H14N4O2S. The average molecular weight is 278 g/mol. The van der Waals surface area contributed by atoms with Crippen molar-refractivity contribution in [3.63, 3.8) is 0 Å². The van der Waals surface area contributed by atoms with Crippen LogP contribution in [0.2, 0.25) is 0 Å². The number of aryl methyl sites for hydroxylation is 2. The van der Waals surface area contributed by atoms with E-state index in [9.17, 15) is 10.1 Å². The SMILES string of the molecule is Cc1nc(C)c(C(C)Nc2ccncc2[N+](=O)[O-])s1. The first-order chi connectivity index (χ1) is 8.99. The highest BCUT2D eigenvalue weighted by Crippen LogP contribution is 2.30. The molecule has 100 valence electrons. The van der Waals surface area contributed by atoms with Crippen molar-refractivity contribution in [2.45, 2.75) is 26.8 Å². The average Bonchev–Trinajstić information content (AvgIpc) is 2.69. The zero-order valence-corrected chi connectivity index (χ0v) is 11.7. The first-order valence-corrected chi connectivity index (χ1v) is 6.59. The van der Waals surface area contributed by atoms with Crippen LogP contribution in [0, 0.1) is 24.0 Å². The van der Waals surface area contributed by atoms with Crippen molar-refractivity contribution in [2.75, 3.05) is 5.32 Å². The van der Waals surface area contributed by atoms with Crippen molar-refractivity contribution in [1.82, 2.24) is 9.97 Å². The van der Waals surface area contributed by atoms with Crippen LogP contribution >= 0.6 is 11.3 Å². The molecule has 0 saturated heterocycles. The van der Waals surface area contributed by atoms with Gasteiger partial charge in [0.1, 0.15) is 11.9 Å². The molecule has 2 aromatic heterocycles. The molecule has 0 aliphatic carbocycles. The Morgan fingerprint density at radius 1 is 1.47 bits per heavy atom. The first-order valence-electron chi connectivity index (χ1n) is 5.78. The zero-order valence-electron chi connectivity index (χ0n) is 10.9. The van der Waals surface area contributed by atoms with E-state index in [1.54, 1.807) is 17.4 Å². The third-order valence-electron chi connectivity index (χ3n) is 2.70. The Bertz CT molecular complexity index is 612. The third-order valence-corrected chi connectivity index (χ3v) is 3.96. The van der Waals surface area contributed by atoms with Gasteiger partial charge in [-0.25, -0.2) is 4.98 Å². The normalized spacial score (nSPS) is 12.2. The molecule has 2 heterocycles. The summed E-state index contributed by atoms with van der Waals surface area (Å²) in [5, 5.41) is 15.1. The largest absolute Gasteiger partial charge is 0.372 e. The molecule has 0 spiro atoms. The second-order valence-corrected chi connectivity index (χ2v) is 5.43. The number of hydrogen-bond donors (Lipinski definition) is 1. The molecule has 0 fully saturated rings. The fraction of sp³-hybridized carbons (Fsp3) is 0.333. The monoisotopic (exact) mass is 278 g/mol. The number of hydrogen-bond acceptors (Lipinski definition) is 6. The lowest BCUT2D eigenvalue weighted by molar-refractivity contribution is -0.384. The Hall–Kier alpha value is -2.02. The molecule has 0 aromatic carbocycles. The maximum absolute atomic E-state index is 10.9. The molecule has 1 unspecified atom stereocenters. The van der Waals surface area contributed by atoms with Crippen LogP contribution in [0.4, 0.5) is 11.4 Å². The van der Waals surface area contributed by atoms with Crippen LogP contribution < -0.4 is 5.32 Å². The molecule has 7 heteroatoms. The smallest absolute Gasteiger partial charge is 0.310 e. The van der Waals surface area contributed by atoms with Crippen molar-refractivity contribution in [2.24, 2.45) is 0 Å². The first kappa shape index (κ1) is 13.4. The van der Waals surface area contributed by atoms with Crippen molar-refractivity contribution >= 4 is 22.7 Å². The lowest BCUT2D eigenvalue weighted by atomic mass is 10.2. The van der Waals surface area contributed by atoms with E-state index in [0.29, 0.717) is 5.69 Å². The van der Waals surface area contributed by atoms with E-state index in [-0.39, 0.29) is 11.7 Å². The fourth-order valence-electron chi connectivity index (χ4n) is 1.90. The van der Waals surface area contributed by atoms with Gasteiger partial charge in [0.15, 0.2) is 0 Å². The van der Waals surface area contributed by atoms with Gasteiger partial charge in [0, 0.05) is 11.1 Å². The van der Waals surface area contributed by atoms with E-state index >= 15 is 0 Å². The third kappa shape index (κ3) is 2.87. The van der Waals surface area contributed by atoms with Gasteiger partial charge in [-0.3, -0.25) is 15.1 Å². The molecule has 2 aromatic rings. The molecule has 0 saturated carbocycles. The van der Waals surface area contributed by atoms with E-state index in [1.165, 1.54) is 12.4 Å². The van der Waals surface area contributed by atoms with E-state index in [4.69, 9.17) is 0 Å². The van der Waals surface area contributed by atoms with Gasteiger partial charge in [0.05, 0.1) is 21.7 Å². The molecule has 0 amide bonds. The summed E-state index contributed by atoms with van der Waals surface area (Å²) in [6, 6.07) is 1.57. The maximum atomic E-state index is 10.9. The van der Waals surface area contributed by atoms with E-state index < -0.39 is 4.92 Å². The van der Waals surface area contributed by atoms with E-state index in [2.05, 4.69) is 15.3 Å². The number of thiazole rings is 1. The lowest BCUT2D eigenvalue weighted by Crippen LogP contribution is -2.08. The minimum Gasteiger partial charge on any atom is -0.372 e. The van der Waals surface area contributed by atoms with Crippen LogP contribution in [0.15, 0.2) is 18.5 Å². The van der Waals surface area contributed by atoms with Gasteiger partial charge in [-0.15, -0.1) is 11.3 Å². The summed E-state index contributed by atoms with van der Waals surface area (Å²) in [6.45, 7) is 5.85. The van der Waals surface area contributed by atoms with Crippen LogP contribution in [0.5, 0.6) is 0 Å². The maximum Gasteiger partial charge on any atom is 0.310 e. The topological polar surface area (TPSA) is 81.0 Å². The Labute approximate surface area is 114 Å². The summed E-state index contributed by atoms with van der Waals surface area (Å²) in [5.41, 5.74) is 1.41. The van der Waals surface area contributed by atoms with Crippen LogP contribution in [-0.4, -0.2) is 14.9 Å². The van der Waals surface area contributed by atoms with Gasteiger partial charge in [-0.2, -0.15) is 0 Å². The van der Waals surface area contributed by atoms with Gasteiger partial charge in [0.25, 0.3) is 0 Å². The minimum atomic E-state index is -0.438. The number of nitro groups is 1. The van der Waals surface area contributed by atoms with Crippen LogP contribution in [0.3, 0.4) is 0 Å². The highest BCUT2D eigenvalue weighted by Gasteiger charge is 2.18. The van der Waals surface area contributed by atoms with Crippen molar-refractivity contribution in [3.8, 4) is 0 Å². The van der Waals surface area contributed by atoms with Gasteiger partial charge < -0.3 is 5.32 Å². The molecule has 2 rings (SSSR count). The van der Waals surface area contributed by atoms with Gasteiger partial charge in [0.2, 0.25) is 0 Å². The molecule has 0 aliphatic rings. The predicted molar refractivity (Wildman–Crippen MR) is 74.5 cm³/mol. The van der Waals surface area contributed by atoms with Crippen LogP contribution in [0.1, 0.15) is 28.5 Å². The summed E-state index contributed by atoms with van der Waals surface area (Å²) >= 11 is 1.60. The number of nitrogens with one attached hydrogen (secondary N) is 1. The number of anilines is 1. The molecule has 6 nitrogen and oxygen atoms in total.